The van der Waals surface area contributed by atoms with Gasteiger partial charge in [-0.2, -0.15) is 0 Å². The van der Waals surface area contributed by atoms with Gasteiger partial charge in [-0.05, 0) is 54.5 Å². The number of nitrogens with zero attached hydrogens (tertiary/aromatic N) is 2. The van der Waals surface area contributed by atoms with E-state index in [0.717, 1.165) is 0 Å². The van der Waals surface area contributed by atoms with Gasteiger partial charge in [0.15, 0.2) is 0 Å². The summed E-state index contributed by atoms with van der Waals surface area (Å²) in [7, 11) is 0.301. The summed E-state index contributed by atoms with van der Waals surface area (Å²) in [6.07, 6.45) is 0.897. The molecule has 0 aromatic carbocycles. The minimum absolute atomic E-state index is 0.381. The Bertz CT molecular complexity index is 591. The number of carbonyl (C=O) groups is 1. The molecule has 1 aromatic heterocycles. The highest BCUT2D eigenvalue weighted by atomic mass is 16.6. The van der Waals surface area contributed by atoms with Crippen LogP contribution in [-0.2, 0) is 9.39 Å². The Hall–Kier alpha value is -1.64. The second kappa shape index (κ2) is 7.31. The third-order valence-electron chi connectivity index (χ3n) is 3.95. The molecule has 1 rings (SSSR count). The maximum atomic E-state index is 12.0. The van der Waals surface area contributed by atoms with Gasteiger partial charge in [0, 0.05) is 18.7 Å². The lowest BCUT2D eigenvalue weighted by molar-refractivity contribution is -0.0982. The molecular formula is C17H29BN2O5. The largest absolute Gasteiger partial charge is 0.493 e. The highest BCUT2D eigenvalue weighted by molar-refractivity contribution is 6.60. The van der Waals surface area contributed by atoms with Gasteiger partial charge in [-0.25, -0.2) is 9.78 Å². The van der Waals surface area contributed by atoms with E-state index in [1.165, 1.54) is 11.1 Å². The molecular weight excluding hydrogens is 323 g/mol. The Balaban J connectivity index is 2.84. The molecule has 2 N–H and O–H groups in total. The van der Waals surface area contributed by atoms with Crippen LogP contribution in [0, 0.1) is 0 Å². The molecule has 0 saturated heterocycles. The number of hydrogen-bond acceptors (Lipinski definition) is 6. The first-order chi connectivity index (χ1) is 11.1. The summed E-state index contributed by atoms with van der Waals surface area (Å²) in [6, 6.07) is 3.19. The number of hydrogen-bond donors (Lipinski definition) is 2. The van der Waals surface area contributed by atoms with Crippen LogP contribution in [0.1, 0.15) is 48.5 Å². The third kappa shape index (κ3) is 5.99. The van der Waals surface area contributed by atoms with Crippen molar-refractivity contribution in [3.05, 3.63) is 18.3 Å². The number of carbonyl (C=O) groups excluding carboxylic acids is 1. The molecule has 0 aliphatic heterocycles. The first-order valence-electron chi connectivity index (χ1n) is 8.15. The Morgan fingerprint density at radius 2 is 1.72 bits per heavy atom. The smallest absolute Gasteiger partial charge is 0.443 e. The summed E-state index contributed by atoms with van der Waals surface area (Å²) in [5.41, 5.74) is -2.30. The van der Waals surface area contributed by atoms with Crippen molar-refractivity contribution in [1.29, 1.82) is 0 Å². The SMILES string of the molecule is CN(C(=O)OC(C)(C)C)c1ccc(B(O)OC(C)(C)C(C)(C)O)cn1. The Morgan fingerprint density at radius 1 is 1.16 bits per heavy atom. The van der Waals surface area contributed by atoms with E-state index in [4.69, 9.17) is 9.39 Å². The topological polar surface area (TPSA) is 92.1 Å². The third-order valence-corrected chi connectivity index (χ3v) is 3.95. The molecule has 0 spiro atoms. The van der Waals surface area contributed by atoms with Crippen LogP contribution in [0.25, 0.3) is 0 Å². The fourth-order valence-corrected chi connectivity index (χ4v) is 1.66. The van der Waals surface area contributed by atoms with Gasteiger partial charge in [0.05, 0.1) is 11.2 Å². The molecule has 140 valence electrons. The lowest BCUT2D eigenvalue weighted by Gasteiger charge is -2.38. The highest BCUT2D eigenvalue weighted by Gasteiger charge is 2.39. The average molecular weight is 352 g/mol. The molecule has 0 fully saturated rings. The number of pyridine rings is 1. The summed E-state index contributed by atoms with van der Waals surface area (Å²) in [5, 5.41) is 20.3. The van der Waals surface area contributed by atoms with Crippen molar-refractivity contribution in [2.45, 2.75) is 65.3 Å². The Morgan fingerprint density at radius 3 is 2.12 bits per heavy atom. The van der Waals surface area contributed by atoms with Crippen LogP contribution in [-0.4, -0.2) is 52.2 Å². The van der Waals surface area contributed by atoms with Crippen molar-refractivity contribution < 1.29 is 24.3 Å². The molecule has 0 unspecified atom stereocenters. The van der Waals surface area contributed by atoms with E-state index < -0.39 is 30.0 Å². The fraction of sp³-hybridized carbons (Fsp3) is 0.647. The standard InChI is InChI=1S/C17H29BN2O5/c1-15(2,3)24-14(21)20(8)13-10-9-12(11-19-13)18(23)25-17(6,7)16(4,5)22/h9-11,22-23H,1-8H3. The van der Waals surface area contributed by atoms with Crippen LogP contribution < -0.4 is 10.4 Å². The van der Waals surface area contributed by atoms with E-state index in [2.05, 4.69) is 4.98 Å². The van der Waals surface area contributed by atoms with Gasteiger partial charge >= 0.3 is 13.2 Å². The first kappa shape index (κ1) is 21.4. The lowest BCUT2D eigenvalue weighted by atomic mass is 9.77. The van der Waals surface area contributed by atoms with E-state index in [-0.39, 0.29) is 0 Å². The van der Waals surface area contributed by atoms with Crippen LogP contribution in [0.4, 0.5) is 10.6 Å². The monoisotopic (exact) mass is 352 g/mol. The molecule has 0 saturated carbocycles. The van der Waals surface area contributed by atoms with Gasteiger partial charge in [0.1, 0.15) is 11.4 Å². The number of rotatable bonds is 5. The second-order valence-corrected chi connectivity index (χ2v) is 8.03. The predicted molar refractivity (Wildman–Crippen MR) is 97.9 cm³/mol. The van der Waals surface area contributed by atoms with Crippen LogP contribution in [0.15, 0.2) is 18.3 Å². The normalized spacial score (nSPS) is 12.7. The minimum atomic E-state index is -1.25. The molecule has 0 atom stereocenters. The number of amides is 1. The quantitative estimate of drug-likeness (QED) is 0.784. The van der Waals surface area contributed by atoms with Gasteiger partial charge in [-0.1, -0.05) is 6.07 Å². The van der Waals surface area contributed by atoms with E-state index >= 15 is 0 Å². The fourth-order valence-electron chi connectivity index (χ4n) is 1.66. The van der Waals surface area contributed by atoms with Gasteiger partial charge in [-0.15, -0.1) is 0 Å². The van der Waals surface area contributed by atoms with Crippen molar-refractivity contribution in [2.24, 2.45) is 0 Å². The number of aliphatic hydroxyl groups is 1. The minimum Gasteiger partial charge on any atom is -0.443 e. The zero-order chi connectivity index (χ0) is 19.6. The second-order valence-electron chi connectivity index (χ2n) is 8.03. The maximum Gasteiger partial charge on any atom is 0.493 e. The molecule has 25 heavy (non-hydrogen) atoms. The van der Waals surface area contributed by atoms with Crippen LogP contribution in [0.3, 0.4) is 0 Å². The first-order valence-corrected chi connectivity index (χ1v) is 8.15. The predicted octanol–water partition coefficient (Wildman–Crippen LogP) is 1.71. The van der Waals surface area contributed by atoms with Crippen LogP contribution in [0.5, 0.6) is 0 Å². The molecule has 1 aromatic rings. The van der Waals surface area contributed by atoms with E-state index in [1.54, 1.807) is 67.6 Å². The lowest BCUT2D eigenvalue weighted by Crippen LogP contribution is -2.53. The zero-order valence-electron chi connectivity index (χ0n) is 16.3. The molecule has 1 heterocycles. The zero-order valence-corrected chi connectivity index (χ0v) is 16.3. The van der Waals surface area contributed by atoms with E-state index in [9.17, 15) is 14.9 Å². The molecule has 1 amide bonds. The Kier molecular flexibility index (Phi) is 6.26. The van der Waals surface area contributed by atoms with Gasteiger partial charge in [0.2, 0.25) is 0 Å². The highest BCUT2D eigenvalue weighted by Crippen LogP contribution is 2.25. The van der Waals surface area contributed by atoms with Gasteiger partial charge in [-0.3, -0.25) is 4.90 Å². The van der Waals surface area contributed by atoms with E-state index in [0.29, 0.717) is 11.3 Å². The van der Waals surface area contributed by atoms with Crippen molar-refractivity contribution in [3.8, 4) is 0 Å². The van der Waals surface area contributed by atoms with Crippen molar-refractivity contribution in [1.82, 2.24) is 4.98 Å². The average Bonchev–Trinajstić information content (AvgIpc) is 2.43. The summed E-state index contributed by atoms with van der Waals surface area (Å²) in [4.78, 5) is 17.5. The van der Waals surface area contributed by atoms with E-state index in [1.807, 2.05) is 0 Å². The summed E-state index contributed by atoms with van der Waals surface area (Å²) in [6.45, 7) is 11.9. The van der Waals surface area contributed by atoms with Crippen LogP contribution >= 0.6 is 0 Å². The molecule has 0 bridgehead atoms. The van der Waals surface area contributed by atoms with Crippen LogP contribution in [0.2, 0.25) is 0 Å². The summed E-state index contributed by atoms with van der Waals surface area (Å²) in [5.74, 6) is 0.381. The van der Waals surface area contributed by atoms with Gasteiger partial charge < -0.3 is 19.5 Å². The number of anilines is 1. The van der Waals surface area contributed by atoms with Crippen molar-refractivity contribution in [2.75, 3.05) is 11.9 Å². The number of aromatic nitrogens is 1. The molecule has 8 heteroatoms. The maximum absolute atomic E-state index is 12.0. The molecule has 0 radical (unpaired) electrons. The Labute approximate surface area is 150 Å². The van der Waals surface area contributed by atoms with Gasteiger partial charge in [0.25, 0.3) is 0 Å². The molecule has 0 aliphatic carbocycles. The molecule has 7 nitrogen and oxygen atoms in total. The summed E-state index contributed by atoms with van der Waals surface area (Å²) < 4.78 is 10.8. The van der Waals surface area contributed by atoms with Crippen molar-refractivity contribution in [3.63, 3.8) is 0 Å². The number of ether oxygens (including phenoxy) is 1. The molecule has 0 aliphatic rings. The summed E-state index contributed by atoms with van der Waals surface area (Å²) >= 11 is 0. The van der Waals surface area contributed by atoms with Crippen molar-refractivity contribution >= 4 is 24.5 Å².